The standard InChI is InChI=1S/C23H17N3O6/c27-20-15-2-1-3-16(26(31)32)19(15)23(30)24(20)13-6-8-14(9-7-13)25-21(28)17-11-4-5-12(10-11)18(17)22(25)29/h1-3,6-9,11-12,17-18H,4-5,10H2/t11-,12+,17-,18-/m0/s1. The number of carbonyl (C=O) groups is 4. The average Bonchev–Trinajstić information content (AvgIpc) is 3.52. The van der Waals surface area contributed by atoms with Crippen molar-refractivity contribution in [3.05, 3.63) is 63.7 Å². The van der Waals surface area contributed by atoms with E-state index in [2.05, 4.69) is 0 Å². The highest BCUT2D eigenvalue weighted by atomic mass is 16.6. The highest BCUT2D eigenvalue weighted by molar-refractivity contribution is 6.35. The van der Waals surface area contributed by atoms with Gasteiger partial charge in [-0.3, -0.25) is 34.2 Å². The summed E-state index contributed by atoms with van der Waals surface area (Å²) in [7, 11) is 0. The molecular weight excluding hydrogens is 414 g/mol. The summed E-state index contributed by atoms with van der Waals surface area (Å²) < 4.78 is 0. The van der Waals surface area contributed by atoms with Crippen LogP contribution in [0.25, 0.3) is 0 Å². The lowest BCUT2D eigenvalue weighted by molar-refractivity contribution is -0.385. The van der Waals surface area contributed by atoms with Crippen molar-refractivity contribution >= 4 is 40.7 Å². The van der Waals surface area contributed by atoms with Crippen LogP contribution in [0.5, 0.6) is 0 Å². The number of amides is 4. The molecule has 0 aromatic heterocycles. The van der Waals surface area contributed by atoms with E-state index < -0.39 is 22.4 Å². The monoisotopic (exact) mass is 431 g/mol. The number of hydrogen-bond acceptors (Lipinski definition) is 6. The molecule has 2 aliphatic carbocycles. The lowest BCUT2D eigenvalue weighted by Gasteiger charge is -2.19. The molecule has 2 aromatic rings. The van der Waals surface area contributed by atoms with Crippen molar-refractivity contribution in [1.29, 1.82) is 0 Å². The maximum atomic E-state index is 13.0. The van der Waals surface area contributed by atoms with E-state index in [0.29, 0.717) is 5.69 Å². The zero-order chi connectivity index (χ0) is 22.3. The number of benzene rings is 2. The molecule has 32 heavy (non-hydrogen) atoms. The maximum absolute atomic E-state index is 13.0. The minimum atomic E-state index is -0.774. The minimum Gasteiger partial charge on any atom is -0.274 e. The second-order valence-electron chi connectivity index (χ2n) is 8.82. The third kappa shape index (κ3) is 2.27. The second kappa shape index (κ2) is 6.32. The maximum Gasteiger partial charge on any atom is 0.283 e. The highest BCUT2D eigenvalue weighted by Crippen LogP contribution is 2.56. The summed E-state index contributed by atoms with van der Waals surface area (Å²) in [5.41, 5.74) is -0.0654. The third-order valence-corrected chi connectivity index (χ3v) is 7.38. The van der Waals surface area contributed by atoms with Gasteiger partial charge in [-0.05, 0) is 61.4 Å². The van der Waals surface area contributed by atoms with Crippen LogP contribution in [0.3, 0.4) is 0 Å². The molecular formula is C23H17N3O6. The number of fused-ring (bicyclic) bond motifs is 6. The van der Waals surface area contributed by atoms with Gasteiger partial charge in [0.2, 0.25) is 11.8 Å². The Morgan fingerprint density at radius 1 is 0.781 bits per heavy atom. The van der Waals surface area contributed by atoms with Gasteiger partial charge in [0.1, 0.15) is 5.56 Å². The molecule has 0 radical (unpaired) electrons. The predicted octanol–water partition coefficient (Wildman–Crippen LogP) is 2.93. The molecule has 1 saturated heterocycles. The van der Waals surface area contributed by atoms with E-state index in [-0.39, 0.29) is 52.3 Å². The van der Waals surface area contributed by atoms with Gasteiger partial charge in [-0.15, -0.1) is 0 Å². The molecule has 2 heterocycles. The van der Waals surface area contributed by atoms with Gasteiger partial charge in [0.15, 0.2) is 0 Å². The first-order chi connectivity index (χ1) is 15.4. The van der Waals surface area contributed by atoms with Crippen LogP contribution in [0.2, 0.25) is 0 Å². The molecule has 2 bridgehead atoms. The summed E-state index contributed by atoms with van der Waals surface area (Å²) in [5, 5.41) is 11.3. The van der Waals surface area contributed by atoms with Crippen LogP contribution in [0.1, 0.15) is 40.0 Å². The summed E-state index contributed by atoms with van der Waals surface area (Å²) >= 11 is 0. The number of anilines is 2. The molecule has 2 saturated carbocycles. The van der Waals surface area contributed by atoms with Gasteiger partial charge in [0.05, 0.1) is 33.7 Å². The normalized spacial score (nSPS) is 28.0. The largest absolute Gasteiger partial charge is 0.283 e. The fourth-order valence-electron chi connectivity index (χ4n) is 6.07. The van der Waals surface area contributed by atoms with Gasteiger partial charge < -0.3 is 0 Å². The number of nitro benzene ring substituents is 1. The lowest BCUT2D eigenvalue weighted by atomic mass is 9.81. The van der Waals surface area contributed by atoms with Gasteiger partial charge in [0.25, 0.3) is 17.5 Å². The Hall–Kier alpha value is -3.88. The van der Waals surface area contributed by atoms with Crippen molar-refractivity contribution in [1.82, 2.24) is 0 Å². The van der Waals surface area contributed by atoms with Crippen molar-refractivity contribution in [2.75, 3.05) is 9.80 Å². The van der Waals surface area contributed by atoms with Crippen molar-refractivity contribution < 1.29 is 24.1 Å². The molecule has 0 unspecified atom stereocenters. The number of nitrogens with zero attached hydrogens (tertiary/aromatic N) is 3. The Kier molecular flexibility index (Phi) is 3.72. The fourth-order valence-corrected chi connectivity index (χ4v) is 6.07. The molecule has 2 aromatic carbocycles. The van der Waals surface area contributed by atoms with E-state index in [4.69, 9.17) is 0 Å². The number of imide groups is 2. The fraction of sp³-hybridized carbons (Fsp3) is 0.304. The third-order valence-electron chi connectivity index (χ3n) is 7.38. The first-order valence-corrected chi connectivity index (χ1v) is 10.5. The first kappa shape index (κ1) is 18.9. The molecule has 160 valence electrons. The van der Waals surface area contributed by atoms with Gasteiger partial charge in [-0.1, -0.05) is 6.07 Å². The van der Waals surface area contributed by atoms with E-state index in [1.807, 2.05) is 0 Å². The molecule has 9 nitrogen and oxygen atoms in total. The zero-order valence-corrected chi connectivity index (χ0v) is 16.8. The SMILES string of the molecule is O=C1c2cccc([N+](=O)[O-])c2C(=O)N1c1ccc(N2C(=O)[C@H]3[C@@H]4CC[C@@H](C4)[C@@H]3C2=O)cc1. The molecule has 2 aliphatic heterocycles. The minimum absolute atomic E-state index is 0.0264. The summed E-state index contributed by atoms with van der Waals surface area (Å²) in [4.78, 5) is 64.4. The molecule has 4 amide bonds. The van der Waals surface area contributed by atoms with Crippen molar-refractivity contribution in [2.45, 2.75) is 19.3 Å². The Balaban J connectivity index is 1.32. The number of rotatable bonds is 3. The predicted molar refractivity (Wildman–Crippen MR) is 111 cm³/mol. The summed E-state index contributed by atoms with van der Waals surface area (Å²) in [5.74, 6) is -1.69. The lowest BCUT2D eigenvalue weighted by Crippen LogP contribution is -2.33. The average molecular weight is 431 g/mol. The van der Waals surface area contributed by atoms with Crippen LogP contribution in [0, 0.1) is 33.8 Å². The van der Waals surface area contributed by atoms with Crippen LogP contribution >= 0.6 is 0 Å². The van der Waals surface area contributed by atoms with Crippen LogP contribution in [-0.2, 0) is 9.59 Å². The number of hydrogen-bond donors (Lipinski definition) is 0. The van der Waals surface area contributed by atoms with Gasteiger partial charge in [0, 0.05) is 6.07 Å². The quantitative estimate of drug-likeness (QED) is 0.419. The Morgan fingerprint density at radius 3 is 1.91 bits per heavy atom. The van der Waals surface area contributed by atoms with Gasteiger partial charge in [-0.2, -0.15) is 0 Å². The highest BCUT2D eigenvalue weighted by Gasteiger charge is 2.61. The Morgan fingerprint density at radius 2 is 1.34 bits per heavy atom. The topological polar surface area (TPSA) is 118 Å². The molecule has 0 N–H and O–H groups in total. The molecule has 6 rings (SSSR count). The van der Waals surface area contributed by atoms with E-state index in [0.717, 1.165) is 24.2 Å². The van der Waals surface area contributed by atoms with E-state index in [1.165, 1.54) is 47.4 Å². The van der Waals surface area contributed by atoms with Crippen LogP contribution in [0.15, 0.2) is 42.5 Å². The van der Waals surface area contributed by atoms with Crippen molar-refractivity contribution in [3.63, 3.8) is 0 Å². The molecule has 4 atom stereocenters. The number of nitro groups is 1. The molecule has 0 spiro atoms. The summed E-state index contributed by atoms with van der Waals surface area (Å²) in [6, 6.07) is 9.95. The first-order valence-electron chi connectivity index (χ1n) is 10.5. The molecule has 9 heteroatoms. The number of carbonyl (C=O) groups excluding carboxylic acids is 4. The van der Waals surface area contributed by atoms with Crippen LogP contribution in [-0.4, -0.2) is 28.6 Å². The summed E-state index contributed by atoms with van der Waals surface area (Å²) in [6.45, 7) is 0. The van der Waals surface area contributed by atoms with Gasteiger partial charge >= 0.3 is 0 Å². The van der Waals surface area contributed by atoms with Gasteiger partial charge in [-0.25, -0.2) is 4.90 Å². The smallest absolute Gasteiger partial charge is 0.274 e. The Bertz CT molecular complexity index is 1220. The van der Waals surface area contributed by atoms with E-state index >= 15 is 0 Å². The van der Waals surface area contributed by atoms with Crippen molar-refractivity contribution in [3.8, 4) is 0 Å². The van der Waals surface area contributed by atoms with E-state index in [9.17, 15) is 29.3 Å². The summed E-state index contributed by atoms with van der Waals surface area (Å²) in [6.07, 6.45) is 2.93. The molecule has 3 fully saturated rings. The van der Waals surface area contributed by atoms with Crippen LogP contribution in [0.4, 0.5) is 17.1 Å². The molecule has 4 aliphatic rings. The Labute approximate surface area is 181 Å². The van der Waals surface area contributed by atoms with E-state index in [1.54, 1.807) is 0 Å². The zero-order valence-electron chi connectivity index (χ0n) is 16.8. The van der Waals surface area contributed by atoms with Crippen molar-refractivity contribution in [2.24, 2.45) is 23.7 Å². The second-order valence-corrected chi connectivity index (χ2v) is 8.82. The van der Waals surface area contributed by atoms with Crippen LogP contribution < -0.4 is 9.80 Å².